The van der Waals surface area contributed by atoms with Gasteiger partial charge >= 0.3 is 0 Å². The zero-order valence-corrected chi connectivity index (χ0v) is 22.3. The fourth-order valence-electron chi connectivity index (χ4n) is 3.94. The van der Waals surface area contributed by atoms with Gasteiger partial charge in [-0.2, -0.15) is 10.5 Å². The highest BCUT2D eigenvalue weighted by Crippen LogP contribution is 2.49. The summed E-state index contributed by atoms with van der Waals surface area (Å²) in [6, 6.07) is 19.0. The van der Waals surface area contributed by atoms with Gasteiger partial charge in [-0.05, 0) is 52.0 Å². The molecule has 0 fully saturated rings. The summed E-state index contributed by atoms with van der Waals surface area (Å²) in [6.07, 6.45) is 0. The quantitative estimate of drug-likeness (QED) is 0.268. The Kier molecular flexibility index (Phi) is 9.31. The first kappa shape index (κ1) is 27.0. The molecule has 3 rings (SSSR count). The van der Waals surface area contributed by atoms with Crippen LogP contribution in [0.1, 0.15) is 38.8 Å². The summed E-state index contributed by atoms with van der Waals surface area (Å²) in [5.41, 5.74) is 1.82. The third-order valence-corrected chi connectivity index (χ3v) is 6.57. The first-order valence-electron chi connectivity index (χ1n) is 11.8. The van der Waals surface area contributed by atoms with Gasteiger partial charge in [-0.25, -0.2) is 0 Å². The van der Waals surface area contributed by atoms with Crippen LogP contribution in [0, 0.1) is 22.7 Å². The lowest BCUT2D eigenvalue weighted by atomic mass is 10.1. The van der Waals surface area contributed by atoms with Gasteiger partial charge in [0.2, 0.25) is 0 Å². The van der Waals surface area contributed by atoms with E-state index in [9.17, 15) is 10.5 Å². The van der Waals surface area contributed by atoms with Crippen molar-refractivity contribution in [3.8, 4) is 35.1 Å². The molecule has 8 heteroatoms. The van der Waals surface area contributed by atoms with Crippen LogP contribution in [0.2, 0.25) is 10.0 Å². The molecule has 3 aromatic rings. The van der Waals surface area contributed by atoms with Crippen LogP contribution in [0.25, 0.3) is 0 Å². The van der Waals surface area contributed by atoms with Crippen molar-refractivity contribution < 1.29 is 9.47 Å². The van der Waals surface area contributed by atoms with Crippen LogP contribution in [0.4, 0.5) is 11.4 Å². The van der Waals surface area contributed by atoms with Crippen LogP contribution in [0.3, 0.4) is 0 Å². The molecule has 0 aliphatic rings. The summed E-state index contributed by atoms with van der Waals surface area (Å²) in [5, 5.41) is 19.3. The first-order valence-corrected chi connectivity index (χ1v) is 12.6. The lowest BCUT2D eigenvalue weighted by molar-refractivity contribution is 0.419. The standard InChI is InChI=1S/C28H28Cl2N4O2/c1-5-33(6-2)19-11-9-13-21(15-19)35-27-25(29)23(17-31)24(18-32)26(30)28(27)36-22-14-10-12-20(16-22)34(7-3)8-4/h9-16H,5-8H2,1-4H3. The van der Waals surface area contributed by atoms with Crippen molar-refractivity contribution in [2.45, 2.75) is 27.7 Å². The fraction of sp³-hybridized carbons (Fsp3) is 0.286. The van der Waals surface area contributed by atoms with Crippen LogP contribution >= 0.6 is 23.2 Å². The average Bonchev–Trinajstić information content (AvgIpc) is 2.90. The molecule has 0 bridgehead atoms. The highest BCUT2D eigenvalue weighted by Gasteiger charge is 2.26. The molecule has 0 saturated heterocycles. The Balaban J connectivity index is 2.14. The highest BCUT2D eigenvalue weighted by molar-refractivity contribution is 6.37. The number of nitriles is 2. The Bertz CT molecular complexity index is 1210. The van der Waals surface area contributed by atoms with Gasteiger partial charge in [0.05, 0.1) is 11.1 Å². The van der Waals surface area contributed by atoms with E-state index in [1.165, 1.54) is 0 Å². The second kappa shape index (κ2) is 12.4. The summed E-state index contributed by atoms with van der Waals surface area (Å²) >= 11 is 13.2. The molecule has 0 unspecified atom stereocenters. The Hall–Kier alpha value is -3.58. The maximum atomic E-state index is 9.71. The number of anilines is 2. The van der Waals surface area contributed by atoms with Gasteiger partial charge in [-0.3, -0.25) is 0 Å². The van der Waals surface area contributed by atoms with Crippen LogP contribution in [0.5, 0.6) is 23.0 Å². The van der Waals surface area contributed by atoms with Gasteiger partial charge < -0.3 is 19.3 Å². The zero-order chi connectivity index (χ0) is 26.2. The molecule has 0 amide bonds. The molecule has 0 aliphatic heterocycles. The Morgan fingerprint density at radius 1 is 0.667 bits per heavy atom. The topological polar surface area (TPSA) is 72.5 Å². The van der Waals surface area contributed by atoms with Crippen molar-refractivity contribution in [3.05, 3.63) is 69.7 Å². The van der Waals surface area contributed by atoms with Gasteiger partial charge in [0.1, 0.15) is 33.7 Å². The average molecular weight is 523 g/mol. The van der Waals surface area contributed by atoms with Crippen molar-refractivity contribution >= 4 is 34.6 Å². The van der Waals surface area contributed by atoms with Gasteiger partial charge in [-0.15, -0.1) is 0 Å². The molecular formula is C28H28Cl2N4O2. The molecule has 0 aliphatic carbocycles. The van der Waals surface area contributed by atoms with Crippen LogP contribution in [0.15, 0.2) is 48.5 Å². The normalized spacial score (nSPS) is 10.3. The van der Waals surface area contributed by atoms with Crippen LogP contribution in [-0.2, 0) is 0 Å². The summed E-state index contributed by atoms with van der Waals surface area (Å²) in [5.74, 6) is 1.13. The third-order valence-electron chi connectivity index (χ3n) is 5.85. The Labute approximate surface area is 222 Å². The monoisotopic (exact) mass is 522 g/mol. The Morgan fingerprint density at radius 2 is 1.03 bits per heavy atom. The molecule has 36 heavy (non-hydrogen) atoms. The van der Waals surface area contributed by atoms with Crippen molar-refractivity contribution in [3.63, 3.8) is 0 Å². The second-order valence-electron chi connectivity index (χ2n) is 7.80. The number of halogens is 2. The highest BCUT2D eigenvalue weighted by atomic mass is 35.5. The van der Waals surface area contributed by atoms with E-state index in [0.717, 1.165) is 37.6 Å². The maximum absolute atomic E-state index is 9.71. The van der Waals surface area contributed by atoms with E-state index >= 15 is 0 Å². The van der Waals surface area contributed by atoms with Gasteiger partial charge in [0, 0.05) is 49.7 Å². The van der Waals surface area contributed by atoms with E-state index in [0.29, 0.717) is 11.5 Å². The van der Waals surface area contributed by atoms with Gasteiger partial charge in [-0.1, -0.05) is 35.3 Å². The predicted molar refractivity (Wildman–Crippen MR) is 146 cm³/mol. The lowest BCUT2D eigenvalue weighted by Crippen LogP contribution is -2.21. The molecule has 3 aromatic carbocycles. The number of rotatable bonds is 10. The molecule has 0 saturated carbocycles. The first-order chi connectivity index (χ1) is 17.4. The molecule has 0 N–H and O–H groups in total. The predicted octanol–water partition coefficient (Wildman–Crippen LogP) is 8.01. The van der Waals surface area contributed by atoms with Crippen molar-refractivity contribution in [2.24, 2.45) is 0 Å². The van der Waals surface area contributed by atoms with Crippen molar-refractivity contribution in [2.75, 3.05) is 36.0 Å². The number of nitrogens with zero attached hydrogens (tertiary/aromatic N) is 4. The summed E-state index contributed by atoms with van der Waals surface area (Å²) in [4.78, 5) is 4.36. The molecule has 0 atom stereocenters. The third kappa shape index (κ3) is 5.62. The maximum Gasteiger partial charge on any atom is 0.191 e. The van der Waals surface area contributed by atoms with E-state index in [-0.39, 0.29) is 32.7 Å². The van der Waals surface area contributed by atoms with Gasteiger partial charge in [0.15, 0.2) is 11.5 Å². The zero-order valence-electron chi connectivity index (χ0n) is 20.8. The number of hydrogen-bond donors (Lipinski definition) is 0. The Morgan fingerprint density at radius 3 is 1.33 bits per heavy atom. The van der Waals surface area contributed by atoms with Crippen molar-refractivity contribution in [1.29, 1.82) is 10.5 Å². The minimum absolute atomic E-state index is 0.0402. The molecule has 0 radical (unpaired) electrons. The summed E-state index contributed by atoms with van der Waals surface area (Å²) in [6.45, 7) is 11.6. The van der Waals surface area contributed by atoms with Crippen LogP contribution < -0.4 is 19.3 Å². The van der Waals surface area contributed by atoms with Crippen molar-refractivity contribution in [1.82, 2.24) is 0 Å². The van der Waals surface area contributed by atoms with E-state index in [1.54, 1.807) is 12.1 Å². The molecule has 0 heterocycles. The van der Waals surface area contributed by atoms with E-state index in [4.69, 9.17) is 32.7 Å². The largest absolute Gasteiger partial charge is 0.452 e. The van der Waals surface area contributed by atoms with E-state index < -0.39 is 0 Å². The summed E-state index contributed by atoms with van der Waals surface area (Å²) in [7, 11) is 0. The van der Waals surface area contributed by atoms with Crippen LogP contribution in [-0.4, -0.2) is 26.2 Å². The van der Waals surface area contributed by atoms with Gasteiger partial charge in [0.25, 0.3) is 0 Å². The van der Waals surface area contributed by atoms with E-state index in [2.05, 4.69) is 37.5 Å². The number of hydrogen-bond acceptors (Lipinski definition) is 6. The fourth-order valence-corrected chi connectivity index (χ4v) is 4.46. The second-order valence-corrected chi connectivity index (χ2v) is 8.56. The number of benzene rings is 3. The minimum atomic E-state index is -0.0664. The molecule has 0 spiro atoms. The SMILES string of the molecule is CCN(CC)c1cccc(Oc2c(Cl)c(C#N)c(C#N)c(Cl)c2Oc2cccc(N(CC)CC)c2)c1. The number of ether oxygens (including phenoxy) is 2. The smallest absolute Gasteiger partial charge is 0.191 e. The molecule has 186 valence electrons. The van der Waals surface area contributed by atoms with E-state index in [1.807, 2.05) is 48.5 Å². The molecule has 6 nitrogen and oxygen atoms in total. The minimum Gasteiger partial charge on any atom is -0.452 e. The molecule has 0 aromatic heterocycles. The lowest BCUT2D eigenvalue weighted by Gasteiger charge is -2.23. The molecular weight excluding hydrogens is 495 g/mol. The summed E-state index contributed by atoms with van der Waals surface area (Å²) < 4.78 is 12.4.